The van der Waals surface area contributed by atoms with E-state index in [9.17, 15) is 9.90 Å². The van der Waals surface area contributed by atoms with Crippen LogP contribution in [0.2, 0.25) is 0 Å². The monoisotopic (exact) mass is 462 g/mol. The molecule has 2 aliphatic heterocycles. The van der Waals surface area contributed by atoms with Gasteiger partial charge in [0.2, 0.25) is 6.79 Å². The van der Waals surface area contributed by atoms with Crippen molar-refractivity contribution in [2.24, 2.45) is 0 Å². The fourth-order valence-corrected chi connectivity index (χ4v) is 4.19. The normalized spacial score (nSPS) is 15.1. The van der Waals surface area contributed by atoms with Crippen LogP contribution in [-0.4, -0.2) is 24.6 Å². The molecular weight excluding hydrogens is 436 g/mol. The smallest absolute Gasteiger partial charge is 0.231 e. The fraction of sp³-hybridized carbons (Fsp3) is 0.296. The molecule has 34 heavy (non-hydrogen) atoms. The molecule has 0 saturated carbocycles. The summed E-state index contributed by atoms with van der Waals surface area (Å²) in [5, 5.41) is 11.3. The molecule has 0 unspecified atom stereocenters. The molecule has 1 aromatic heterocycles. The SMILES string of the molecule is COc1cc2c(cc1-c1cc(=O)c3c(O)c(CC=C(C)C)c4c(c3o1)C=CC(C)(C)O4)OCO2. The highest BCUT2D eigenvalue weighted by Gasteiger charge is 2.30. The largest absolute Gasteiger partial charge is 0.507 e. The number of ether oxygens (including phenoxy) is 4. The molecule has 3 aromatic rings. The lowest BCUT2D eigenvalue weighted by Crippen LogP contribution is -2.28. The Morgan fingerprint density at radius 2 is 1.91 bits per heavy atom. The summed E-state index contributed by atoms with van der Waals surface area (Å²) in [6, 6.07) is 4.77. The van der Waals surface area contributed by atoms with E-state index in [0.29, 0.717) is 46.1 Å². The molecule has 0 atom stereocenters. The third kappa shape index (κ3) is 3.57. The molecule has 7 nitrogen and oxygen atoms in total. The summed E-state index contributed by atoms with van der Waals surface area (Å²) in [5.74, 6) is 2.22. The quantitative estimate of drug-likeness (QED) is 0.505. The lowest BCUT2D eigenvalue weighted by Gasteiger charge is -2.30. The van der Waals surface area contributed by atoms with Gasteiger partial charge in [0.05, 0.1) is 18.2 Å². The number of fused-ring (bicyclic) bond motifs is 4. The second-order valence-corrected chi connectivity index (χ2v) is 9.18. The molecule has 0 bridgehead atoms. The van der Waals surface area contributed by atoms with E-state index in [1.54, 1.807) is 12.1 Å². The molecule has 0 amide bonds. The van der Waals surface area contributed by atoms with Gasteiger partial charge in [-0.1, -0.05) is 11.6 Å². The van der Waals surface area contributed by atoms with Gasteiger partial charge in [-0.15, -0.1) is 0 Å². The molecule has 5 rings (SSSR count). The van der Waals surface area contributed by atoms with Crippen molar-refractivity contribution in [2.75, 3.05) is 13.9 Å². The van der Waals surface area contributed by atoms with Crippen molar-refractivity contribution < 1.29 is 28.5 Å². The first-order chi connectivity index (χ1) is 16.2. The number of hydrogen-bond acceptors (Lipinski definition) is 7. The van der Waals surface area contributed by atoms with Crippen LogP contribution in [0.5, 0.6) is 28.7 Å². The van der Waals surface area contributed by atoms with Crippen molar-refractivity contribution in [1.29, 1.82) is 0 Å². The molecule has 7 heteroatoms. The highest BCUT2D eigenvalue weighted by molar-refractivity contribution is 5.96. The Bertz CT molecular complexity index is 1440. The van der Waals surface area contributed by atoms with Gasteiger partial charge < -0.3 is 28.5 Å². The molecule has 0 aliphatic carbocycles. The molecule has 176 valence electrons. The molecule has 0 saturated heterocycles. The Morgan fingerprint density at radius 1 is 1.18 bits per heavy atom. The summed E-state index contributed by atoms with van der Waals surface area (Å²) in [7, 11) is 1.53. The van der Waals surface area contributed by atoms with Gasteiger partial charge in [-0.25, -0.2) is 0 Å². The van der Waals surface area contributed by atoms with Crippen molar-refractivity contribution >= 4 is 17.0 Å². The average Bonchev–Trinajstić information content (AvgIpc) is 3.24. The predicted octanol–water partition coefficient (Wildman–Crippen LogP) is 5.60. The summed E-state index contributed by atoms with van der Waals surface area (Å²) in [6.45, 7) is 7.94. The second kappa shape index (κ2) is 7.87. The number of phenolic OH excluding ortho intramolecular Hbond substituents is 1. The predicted molar refractivity (Wildman–Crippen MR) is 129 cm³/mol. The van der Waals surface area contributed by atoms with Gasteiger partial charge in [-0.2, -0.15) is 0 Å². The van der Waals surface area contributed by atoms with Crippen LogP contribution < -0.4 is 24.4 Å². The summed E-state index contributed by atoms with van der Waals surface area (Å²) in [6.07, 6.45) is 6.21. The number of hydrogen-bond donors (Lipinski definition) is 1. The van der Waals surface area contributed by atoms with Crippen LogP contribution in [0.3, 0.4) is 0 Å². The third-order valence-electron chi connectivity index (χ3n) is 5.92. The Kier molecular flexibility index (Phi) is 5.08. The molecule has 1 N–H and O–H groups in total. The summed E-state index contributed by atoms with van der Waals surface area (Å²) in [4.78, 5) is 13.3. The van der Waals surface area contributed by atoms with E-state index in [0.717, 1.165) is 5.57 Å². The first-order valence-electron chi connectivity index (χ1n) is 11.0. The topological polar surface area (TPSA) is 87.4 Å². The first-order valence-corrected chi connectivity index (χ1v) is 11.0. The molecule has 0 spiro atoms. The molecule has 2 aliphatic rings. The zero-order valence-corrected chi connectivity index (χ0v) is 19.8. The van der Waals surface area contributed by atoms with Gasteiger partial charge >= 0.3 is 0 Å². The van der Waals surface area contributed by atoms with Crippen molar-refractivity contribution in [1.82, 2.24) is 0 Å². The van der Waals surface area contributed by atoms with Crippen LogP contribution in [0.15, 0.2) is 45.1 Å². The van der Waals surface area contributed by atoms with Gasteiger partial charge in [0.15, 0.2) is 22.5 Å². The fourth-order valence-electron chi connectivity index (χ4n) is 4.19. The number of allylic oxidation sites excluding steroid dienone is 2. The first kappa shape index (κ1) is 21.9. The van der Waals surface area contributed by atoms with Crippen LogP contribution in [0.4, 0.5) is 0 Å². The van der Waals surface area contributed by atoms with Gasteiger partial charge in [0.25, 0.3) is 0 Å². The van der Waals surface area contributed by atoms with Crippen LogP contribution in [0.1, 0.15) is 38.8 Å². The lowest BCUT2D eigenvalue weighted by molar-refractivity contribution is 0.157. The minimum Gasteiger partial charge on any atom is -0.507 e. The maximum Gasteiger partial charge on any atom is 0.231 e. The van der Waals surface area contributed by atoms with Crippen LogP contribution in [0, 0.1) is 0 Å². The minimum atomic E-state index is -0.578. The second-order valence-electron chi connectivity index (χ2n) is 9.18. The zero-order valence-electron chi connectivity index (χ0n) is 19.8. The van der Waals surface area contributed by atoms with E-state index in [4.69, 9.17) is 23.4 Å². The number of rotatable bonds is 4. The summed E-state index contributed by atoms with van der Waals surface area (Å²) >= 11 is 0. The van der Waals surface area contributed by atoms with Crippen molar-refractivity contribution in [3.05, 3.63) is 57.3 Å². The molecular formula is C27H26O7. The van der Waals surface area contributed by atoms with E-state index in [1.807, 2.05) is 45.9 Å². The lowest BCUT2D eigenvalue weighted by atomic mass is 9.94. The van der Waals surface area contributed by atoms with Crippen molar-refractivity contribution in [3.63, 3.8) is 0 Å². The van der Waals surface area contributed by atoms with E-state index >= 15 is 0 Å². The average molecular weight is 462 g/mol. The highest BCUT2D eigenvalue weighted by atomic mass is 16.7. The van der Waals surface area contributed by atoms with Gasteiger partial charge in [-0.3, -0.25) is 4.79 Å². The maximum absolute atomic E-state index is 13.3. The van der Waals surface area contributed by atoms with Crippen LogP contribution in [-0.2, 0) is 6.42 Å². The van der Waals surface area contributed by atoms with Gasteiger partial charge in [0.1, 0.15) is 34.0 Å². The Morgan fingerprint density at radius 3 is 2.62 bits per heavy atom. The summed E-state index contributed by atoms with van der Waals surface area (Å²) in [5.41, 5.74) is 2.11. The molecule has 2 aromatic carbocycles. The van der Waals surface area contributed by atoms with Gasteiger partial charge in [0, 0.05) is 17.7 Å². The number of methoxy groups -OCH3 is 1. The standard InChI is InChI=1S/C27H26O7/c1-14(2)6-7-15-24(29)23-18(28)11-20(17-10-21-22(32-13-31-21)12-19(17)30-5)33-26(23)16-8-9-27(3,4)34-25(15)16/h6,8-12,29H,7,13H2,1-5H3. The minimum absolute atomic E-state index is 0.108. The highest BCUT2D eigenvalue weighted by Crippen LogP contribution is 2.47. The Labute approximate surface area is 196 Å². The van der Waals surface area contributed by atoms with Gasteiger partial charge in [-0.05, 0) is 52.3 Å². The zero-order chi connectivity index (χ0) is 24.2. The Hall–Kier alpha value is -3.87. The Balaban J connectivity index is 1.80. The number of phenols is 1. The maximum atomic E-state index is 13.3. The van der Waals surface area contributed by atoms with E-state index in [-0.39, 0.29) is 34.7 Å². The third-order valence-corrected chi connectivity index (χ3v) is 5.92. The van der Waals surface area contributed by atoms with E-state index in [2.05, 4.69) is 0 Å². The number of aromatic hydroxyl groups is 1. The molecule has 0 radical (unpaired) electrons. The van der Waals surface area contributed by atoms with Crippen molar-refractivity contribution in [3.8, 4) is 40.1 Å². The molecule has 0 fully saturated rings. The van der Waals surface area contributed by atoms with Crippen molar-refractivity contribution in [2.45, 2.75) is 39.7 Å². The molecule has 3 heterocycles. The summed E-state index contributed by atoms with van der Waals surface area (Å²) < 4.78 is 29.0. The number of benzene rings is 2. The van der Waals surface area contributed by atoms with E-state index in [1.165, 1.54) is 13.2 Å². The van der Waals surface area contributed by atoms with Crippen LogP contribution >= 0.6 is 0 Å². The van der Waals surface area contributed by atoms with Crippen LogP contribution in [0.25, 0.3) is 28.4 Å². The van der Waals surface area contributed by atoms with E-state index < -0.39 is 5.60 Å².